The first-order valence-corrected chi connectivity index (χ1v) is 19.2. The van der Waals surface area contributed by atoms with Crippen LogP contribution in [0.25, 0.3) is 75.5 Å². The van der Waals surface area contributed by atoms with Crippen LogP contribution in [0.2, 0.25) is 0 Å². The quantitative estimate of drug-likeness (QED) is 0.160. The average molecular weight is 706 g/mol. The van der Waals surface area contributed by atoms with Crippen LogP contribution in [0.3, 0.4) is 0 Å². The number of hydrogen-bond donors (Lipinski definition) is 0. The molecule has 0 saturated carbocycles. The van der Waals surface area contributed by atoms with Crippen molar-refractivity contribution in [1.82, 2.24) is 0 Å². The first kappa shape index (κ1) is 32.0. The van der Waals surface area contributed by atoms with Gasteiger partial charge in [-0.05, 0) is 92.2 Å². The molecule has 0 spiro atoms. The number of rotatable bonds is 7. The maximum atomic E-state index is 2.42. The molecule has 2 heteroatoms. The van der Waals surface area contributed by atoms with Gasteiger partial charge in [0.05, 0.1) is 5.69 Å². The summed E-state index contributed by atoms with van der Waals surface area (Å²) >= 11 is 1.86. The molecular formula is C52H35NS. The largest absolute Gasteiger partial charge is 0.310 e. The van der Waals surface area contributed by atoms with Gasteiger partial charge < -0.3 is 4.90 Å². The number of para-hydroxylation sites is 1. The van der Waals surface area contributed by atoms with Crippen molar-refractivity contribution in [2.45, 2.75) is 0 Å². The molecule has 1 aromatic heterocycles. The minimum Gasteiger partial charge on any atom is -0.310 e. The second-order valence-electron chi connectivity index (χ2n) is 13.7. The normalized spacial score (nSPS) is 11.3. The third-order valence-electron chi connectivity index (χ3n) is 10.5. The Hall–Kier alpha value is -6.74. The predicted molar refractivity (Wildman–Crippen MR) is 233 cm³/mol. The van der Waals surface area contributed by atoms with Crippen molar-refractivity contribution in [2.75, 3.05) is 4.90 Å². The number of anilines is 3. The molecule has 0 aliphatic rings. The lowest BCUT2D eigenvalue weighted by Gasteiger charge is -2.28. The first-order chi connectivity index (χ1) is 26.8. The van der Waals surface area contributed by atoms with Gasteiger partial charge in [0.15, 0.2) is 0 Å². The number of fused-ring (bicyclic) bond motifs is 4. The second-order valence-corrected chi connectivity index (χ2v) is 14.8. The van der Waals surface area contributed by atoms with E-state index in [1.807, 2.05) is 11.3 Å². The fourth-order valence-electron chi connectivity index (χ4n) is 7.81. The lowest BCUT2D eigenvalue weighted by atomic mass is 9.97. The molecule has 10 aromatic rings. The minimum absolute atomic E-state index is 1.10. The topological polar surface area (TPSA) is 3.24 Å². The monoisotopic (exact) mass is 705 g/mol. The fraction of sp³-hybridized carbons (Fsp3) is 0. The van der Waals surface area contributed by atoms with E-state index < -0.39 is 0 Å². The van der Waals surface area contributed by atoms with Crippen molar-refractivity contribution in [3.05, 3.63) is 212 Å². The molecule has 0 fully saturated rings. The fourth-order valence-corrected chi connectivity index (χ4v) is 8.96. The number of hydrogen-bond acceptors (Lipinski definition) is 2. The number of nitrogens with zero attached hydrogens (tertiary/aromatic N) is 1. The van der Waals surface area contributed by atoms with E-state index in [2.05, 4.69) is 217 Å². The second kappa shape index (κ2) is 13.7. The van der Waals surface area contributed by atoms with Crippen molar-refractivity contribution in [2.24, 2.45) is 0 Å². The summed E-state index contributed by atoms with van der Waals surface area (Å²) < 4.78 is 2.62. The molecular weight excluding hydrogens is 671 g/mol. The Morgan fingerprint density at radius 3 is 1.65 bits per heavy atom. The van der Waals surface area contributed by atoms with Crippen molar-refractivity contribution in [3.8, 4) is 44.5 Å². The average Bonchev–Trinajstić information content (AvgIpc) is 3.63. The highest BCUT2D eigenvalue weighted by atomic mass is 32.1. The SMILES string of the molecule is c1ccc(-c2ccc(-c3ccc(N(c4cccc(-c5cccc6ccccc56)c4)c4ccccc4-c4ccc5c(c4)sc4ccccc45)cc3)cc2)cc1. The molecule has 254 valence electrons. The molecule has 0 radical (unpaired) electrons. The zero-order chi connectivity index (χ0) is 35.8. The molecule has 0 bridgehead atoms. The lowest BCUT2D eigenvalue weighted by Crippen LogP contribution is -2.11. The highest BCUT2D eigenvalue weighted by Crippen LogP contribution is 2.44. The Bertz CT molecular complexity index is 2920. The van der Waals surface area contributed by atoms with Crippen LogP contribution in [0, 0.1) is 0 Å². The van der Waals surface area contributed by atoms with E-state index in [1.54, 1.807) is 0 Å². The smallest absolute Gasteiger partial charge is 0.0540 e. The Kier molecular flexibility index (Phi) is 8.09. The number of thiophene rings is 1. The molecule has 0 aliphatic carbocycles. The molecule has 1 nitrogen and oxygen atoms in total. The van der Waals surface area contributed by atoms with Crippen LogP contribution in [0.5, 0.6) is 0 Å². The third-order valence-corrected chi connectivity index (χ3v) is 11.6. The summed E-state index contributed by atoms with van der Waals surface area (Å²) in [5.41, 5.74) is 13.0. The molecule has 0 saturated heterocycles. The Morgan fingerprint density at radius 2 is 0.833 bits per heavy atom. The molecule has 0 unspecified atom stereocenters. The summed E-state index contributed by atoms with van der Waals surface area (Å²) in [6, 6.07) is 77.2. The molecule has 9 aromatic carbocycles. The first-order valence-electron chi connectivity index (χ1n) is 18.4. The van der Waals surface area contributed by atoms with Crippen LogP contribution in [-0.2, 0) is 0 Å². The Balaban J connectivity index is 1.10. The van der Waals surface area contributed by atoms with E-state index in [0.717, 1.165) is 17.1 Å². The lowest BCUT2D eigenvalue weighted by molar-refractivity contribution is 1.28. The van der Waals surface area contributed by atoms with Gasteiger partial charge in [-0.3, -0.25) is 0 Å². The van der Waals surface area contributed by atoms with E-state index >= 15 is 0 Å². The summed E-state index contributed by atoms with van der Waals surface area (Å²) in [6.45, 7) is 0. The van der Waals surface area contributed by atoms with Crippen molar-refractivity contribution >= 4 is 59.3 Å². The maximum absolute atomic E-state index is 2.42. The summed E-state index contributed by atoms with van der Waals surface area (Å²) in [5.74, 6) is 0. The van der Waals surface area contributed by atoms with E-state index in [-0.39, 0.29) is 0 Å². The Labute approximate surface area is 319 Å². The van der Waals surface area contributed by atoms with Gasteiger partial charge >= 0.3 is 0 Å². The maximum Gasteiger partial charge on any atom is 0.0540 e. The van der Waals surface area contributed by atoms with E-state index in [4.69, 9.17) is 0 Å². The van der Waals surface area contributed by atoms with Gasteiger partial charge in [-0.25, -0.2) is 0 Å². The molecule has 1 heterocycles. The standard InChI is InChI=1S/C52H35NS/c1-2-12-36(13-3-1)37-24-26-38(27-25-37)39-28-31-43(32-29-39)53(44-17-10-16-41(34-44)46-21-11-15-40-14-4-5-18-45(40)46)50-22-8-6-19-47(50)42-30-33-49-48-20-7-9-23-51(48)54-52(49)35-42/h1-35H. The van der Waals surface area contributed by atoms with Gasteiger partial charge in [0.1, 0.15) is 0 Å². The van der Waals surface area contributed by atoms with Gasteiger partial charge in [-0.2, -0.15) is 0 Å². The van der Waals surface area contributed by atoms with Crippen LogP contribution in [0.1, 0.15) is 0 Å². The molecule has 10 rings (SSSR count). The van der Waals surface area contributed by atoms with E-state index in [0.29, 0.717) is 0 Å². The van der Waals surface area contributed by atoms with Gasteiger partial charge in [0.25, 0.3) is 0 Å². The van der Waals surface area contributed by atoms with E-state index in [9.17, 15) is 0 Å². The van der Waals surface area contributed by atoms with Crippen molar-refractivity contribution in [1.29, 1.82) is 0 Å². The molecule has 54 heavy (non-hydrogen) atoms. The zero-order valence-electron chi connectivity index (χ0n) is 29.6. The molecule has 0 aliphatic heterocycles. The van der Waals surface area contributed by atoms with Gasteiger partial charge in [-0.1, -0.05) is 170 Å². The van der Waals surface area contributed by atoms with Crippen molar-refractivity contribution < 1.29 is 0 Å². The summed E-state index contributed by atoms with van der Waals surface area (Å²) in [5, 5.41) is 5.12. The molecule has 0 atom stereocenters. The molecule has 0 amide bonds. The van der Waals surface area contributed by atoms with Crippen LogP contribution >= 0.6 is 11.3 Å². The van der Waals surface area contributed by atoms with Crippen LogP contribution in [0.15, 0.2) is 212 Å². The number of benzene rings is 9. The van der Waals surface area contributed by atoms with Crippen LogP contribution in [0.4, 0.5) is 17.1 Å². The summed E-state index contributed by atoms with van der Waals surface area (Å²) in [4.78, 5) is 2.42. The van der Waals surface area contributed by atoms with Crippen LogP contribution in [-0.4, -0.2) is 0 Å². The molecule has 0 N–H and O–H groups in total. The van der Waals surface area contributed by atoms with Gasteiger partial charge in [-0.15, -0.1) is 11.3 Å². The minimum atomic E-state index is 1.10. The third kappa shape index (κ3) is 5.84. The van der Waals surface area contributed by atoms with Crippen LogP contribution < -0.4 is 4.90 Å². The van der Waals surface area contributed by atoms with Crippen molar-refractivity contribution in [3.63, 3.8) is 0 Å². The highest BCUT2D eigenvalue weighted by molar-refractivity contribution is 7.25. The summed E-state index contributed by atoms with van der Waals surface area (Å²) in [6.07, 6.45) is 0. The van der Waals surface area contributed by atoms with Gasteiger partial charge in [0.2, 0.25) is 0 Å². The van der Waals surface area contributed by atoms with E-state index in [1.165, 1.54) is 75.5 Å². The predicted octanol–water partition coefficient (Wildman–Crippen LogP) is 15.3. The van der Waals surface area contributed by atoms with Gasteiger partial charge in [0, 0.05) is 37.1 Å². The summed E-state index contributed by atoms with van der Waals surface area (Å²) in [7, 11) is 0. The highest BCUT2D eigenvalue weighted by Gasteiger charge is 2.19. The zero-order valence-corrected chi connectivity index (χ0v) is 30.4. The Morgan fingerprint density at radius 1 is 0.296 bits per heavy atom.